The van der Waals surface area contributed by atoms with Crippen molar-refractivity contribution in [3.8, 4) is 5.75 Å². The molecule has 1 N–H and O–H groups in total. The predicted molar refractivity (Wildman–Crippen MR) is 102 cm³/mol. The highest BCUT2D eigenvalue weighted by Gasteiger charge is 2.51. The molecule has 1 aromatic rings. The van der Waals surface area contributed by atoms with Crippen LogP contribution in [-0.2, 0) is 14.2 Å². The maximum absolute atomic E-state index is 14.5. The highest BCUT2D eigenvalue weighted by Crippen LogP contribution is 2.47. The van der Waals surface area contributed by atoms with Gasteiger partial charge in [0.1, 0.15) is 5.75 Å². The van der Waals surface area contributed by atoms with Gasteiger partial charge >= 0.3 is 0 Å². The smallest absolute Gasteiger partial charge is 0.281 e. The van der Waals surface area contributed by atoms with E-state index in [1.165, 1.54) is 0 Å². The first-order valence-corrected chi connectivity index (χ1v) is 10.7. The van der Waals surface area contributed by atoms with E-state index in [1.807, 2.05) is 6.07 Å². The minimum absolute atomic E-state index is 0.0458. The van der Waals surface area contributed by atoms with Gasteiger partial charge in [0.15, 0.2) is 19.2 Å². The van der Waals surface area contributed by atoms with Crippen molar-refractivity contribution in [2.24, 2.45) is 11.8 Å². The molecule has 0 radical (unpaired) electrons. The fourth-order valence-electron chi connectivity index (χ4n) is 4.83. The molecule has 162 valence electrons. The van der Waals surface area contributed by atoms with E-state index in [-0.39, 0.29) is 36.8 Å². The second-order valence-electron chi connectivity index (χ2n) is 8.40. The van der Waals surface area contributed by atoms with Crippen molar-refractivity contribution < 1.29 is 32.8 Å². The molecule has 3 aliphatic rings. The summed E-state index contributed by atoms with van der Waals surface area (Å²) in [7, 11) is 0. The lowest BCUT2D eigenvalue weighted by Crippen LogP contribution is -2.33. The summed E-state index contributed by atoms with van der Waals surface area (Å²) in [5.41, 5.74) is 0. The molecule has 2 heterocycles. The van der Waals surface area contributed by atoms with Crippen LogP contribution in [0.5, 0.6) is 5.75 Å². The van der Waals surface area contributed by atoms with Gasteiger partial charge in [0.05, 0.1) is 12.2 Å². The second-order valence-corrected chi connectivity index (χ2v) is 8.40. The first kappa shape index (κ1) is 21.0. The van der Waals surface area contributed by atoms with Crippen molar-refractivity contribution in [2.75, 3.05) is 13.2 Å². The zero-order chi connectivity index (χ0) is 20.3. The molecule has 4 rings (SSSR count). The third-order valence-electron chi connectivity index (χ3n) is 6.28. The van der Waals surface area contributed by atoms with Crippen LogP contribution in [0.2, 0.25) is 0 Å². The minimum atomic E-state index is -2.93. The summed E-state index contributed by atoms with van der Waals surface area (Å²) in [6, 6.07) is 8.67. The lowest BCUT2D eigenvalue weighted by atomic mass is 9.87. The Labute approximate surface area is 170 Å². The quantitative estimate of drug-likeness (QED) is 0.696. The SMILES string of the molecule is OC1C[C@@H]2[C@@H](CCC(F)(F)COc3ccccc3)[C@H](OC3CCCCO3)C[C@@H]2O1. The van der Waals surface area contributed by atoms with Crippen LogP contribution in [0.15, 0.2) is 30.3 Å². The lowest BCUT2D eigenvalue weighted by Gasteiger charge is -2.31. The van der Waals surface area contributed by atoms with Crippen LogP contribution in [-0.4, -0.2) is 49.0 Å². The van der Waals surface area contributed by atoms with E-state index in [4.69, 9.17) is 18.9 Å². The molecule has 1 aliphatic carbocycles. The molecular weight excluding hydrogens is 382 g/mol. The molecule has 6 atom stereocenters. The van der Waals surface area contributed by atoms with Crippen molar-refractivity contribution in [1.29, 1.82) is 0 Å². The Morgan fingerprint density at radius 3 is 2.72 bits per heavy atom. The van der Waals surface area contributed by atoms with E-state index in [1.54, 1.807) is 24.3 Å². The van der Waals surface area contributed by atoms with Crippen LogP contribution in [0.25, 0.3) is 0 Å². The third kappa shape index (κ3) is 5.45. The van der Waals surface area contributed by atoms with Crippen molar-refractivity contribution in [3.63, 3.8) is 0 Å². The Hall–Kier alpha value is -1.28. The van der Waals surface area contributed by atoms with Crippen molar-refractivity contribution in [2.45, 2.75) is 75.7 Å². The van der Waals surface area contributed by atoms with Crippen molar-refractivity contribution >= 4 is 0 Å². The fourth-order valence-corrected chi connectivity index (χ4v) is 4.83. The molecule has 7 heteroatoms. The molecule has 5 nitrogen and oxygen atoms in total. The lowest BCUT2D eigenvalue weighted by molar-refractivity contribution is -0.200. The number of para-hydroxylation sites is 1. The highest BCUT2D eigenvalue weighted by atomic mass is 19.3. The van der Waals surface area contributed by atoms with E-state index in [0.717, 1.165) is 19.3 Å². The largest absolute Gasteiger partial charge is 0.487 e. The van der Waals surface area contributed by atoms with Gasteiger partial charge in [-0.1, -0.05) is 18.2 Å². The maximum Gasteiger partial charge on any atom is 0.281 e. The monoisotopic (exact) mass is 412 g/mol. The maximum atomic E-state index is 14.5. The van der Waals surface area contributed by atoms with Gasteiger partial charge in [-0.15, -0.1) is 0 Å². The minimum Gasteiger partial charge on any atom is -0.487 e. The number of ether oxygens (including phenoxy) is 4. The molecule has 2 saturated heterocycles. The summed E-state index contributed by atoms with van der Waals surface area (Å²) in [6.07, 6.45) is 2.68. The summed E-state index contributed by atoms with van der Waals surface area (Å²) >= 11 is 0. The zero-order valence-corrected chi connectivity index (χ0v) is 16.6. The molecular formula is C22H30F2O5. The summed E-state index contributed by atoms with van der Waals surface area (Å²) in [6.45, 7) is 0.0350. The Bertz CT molecular complexity index is 637. The van der Waals surface area contributed by atoms with E-state index in [9.17, 15) is 13.9 Å². The normalized spacial score (nSPS) is 34.9. The topological polar surface area (TPSA) is 57.2 Å². The predicted octanol–water partition coefficient (Wildman–Crippen LogP) is 4.14. The standard InChI is InChI=1S/C22H30F2O5/c23-22(24,14-27-15-6-2-1-3-7-15)10-9-16-17-12-20(25)28-19(17)13-18(16)29-21-8-4-5-11-26-21/h1-3,6-7,16-21,25H,4-5,8-14H2/t16-,17-,18-,19+,20?,21?/m1/s1. The van der Waals surface area contributed by atoms with E-state index < -0.39 is 18.8 Å². The van der Waals surface area contributed by atoms with Crippen LogP contribution in [0.1, 0.15) is 44.9 Å². The van der Waals surface area contributed by atoms with Gasteiger partial charge in [-0.3, -0.25) is 0 Å². The number of aliphatic hydroxyl groups is 1. The zero-order valence-electron chi connectivity index (χ0n) is 16.6. The Balaban J connectivity index is 1.34. The Morgan fingerprint density at radius 1 is 1.14 bits per heavy atom. The molecule has 2 unspecified atom stereocenters. The van der Waals surface area contributed by atoms with Gasteiger partial charge in [-0.2, -0.15) is 0 Å². The number of benzene rings is 1. The summed E-state index contributed by atoms with van der Waals surface area (Å²) in [4.78, 5) is 0. The average molecular weight is 412 g/mol. The van der Waals surface area contributed by atoms with Gasteiger partial charge in [0.2, 0.25) is 0 Å². The molecule has 1 saturated carbocycles. The van der Waals surface area contributed by atoms with Crippen molar-refractivity contribution in [1.82, 2.24) is 0 Å². The molecule has 3 fully saturated rings. The fraction of sp³-hybridized carbons (Fsp3) is 0.727. The van der Waals surface area contributed by atoms with Crippen LogP contribution in [0.4, 0.5) is 8.78 Å². The summed E-state index contributed by atoms with van der Waals surface area (Å²) in [5.74, 6) is -2.52. The first-order valence-electron chi connectivity index (χ1n) is 10.7. The van der Waals surface area contributed by atoms with Crippen LogP contribution in [0, 0.1) is 11.8 Å². The molecule has 2 aliphatic heterocycles. The van der Waals surface area contributed by atoms with Gasteiger partial charge in [0, 0.05) is 25.9 Å². The summed E-state index contributed by atoms with van der Waals surface area (Å²) in [5, 5.41) is 9.84. The van der Waals surface area contributed by atoms with Crippen LogP contribution < -0.4 is 4.74 Å². The van der Waals surface area contributed by atoms with E-state index in [0.29, 0.717) is 31.6 Å². The highest BCUT2D eigenvalue weighted by molar-refractivity contribution is 5.21. The van der Waals surface area contributed by atoms with E-state index >= 15 is 0 Å². The van der Waals surface area contributed by atoms with E-state index in [2.05, 4.69) is 0 Å². The van der Waals surface area contributed by atoms with Crippen LogP contribution >= 0.6 is 0 Å². The van der Waals surface area contributed by atoms with Crippen molar-refractivity contribution in [3.05, 3.63) is 30.3 Å². The number of hydrogen-bond donors (Lipinski definition) is 1. The molecule has 1 aromatic carbocycles. The van der Waals surface area contributed by atoms with Gasteiger partial charge < -0.3 is 24.1 Å². The van der Waals surface area contributed by atoms with Gasteiger partial charge in [-0.25, -0.2) is 8.78 Å². The average Bonchev–Trinajstić information content (AvgIpc) is 3.22. The van der Waals surface area contributed by atoms with Gasteiger partial charge in [0.25, 0.3) is 5.92 Å². The molecule has 0 spiro atoms. The number of aliphatic hydroxyl groups excluding tert-OH is 1. The molecule has 29 heavy (non-hydrogen) atoms. The van der Waals surface area contributed by atoms with Gasteiger partial charge in [-0.05, 0) is 49.7 Å². The number of rotatable bonds is 8. The molecule has 0 amide bonds. The number of alkyl halides is 2. The Kier molecular flexibility index (Phi) is 6.69. The number of fused-ring (bicyclic) bond motifs is 1. The molecule has 0 aromatic heterocycles. The second kappa shape index (κ2) is 9.25. The van der Waals surface area contributed by atoms with Crippen LogP contribution in [0.3, 0.4) is 0 Å². The molecule has 0 bridgehead atoms. The third-order valence-corrected chi connectivity index (χ3v) is 6.28. The Morgan fingerprint density at radius 2 is 1.97 bits per heavy atom. The summed E-state index contributed by atoms with van der Waals surface area (Å²) < 4.78 is 51.7. The number of halogens is 2. The first-order chi connectivity index (χ1) is 14.0. The number of hydrogen-bond acceptors (Lipinski definition) is 5.